The molecule has 0 radical (unpaired) electrons. The lowest BCUT2D eigenvalue weighted by Crippen LogP contribution is -2.18. The minimum absolute atomic E-state index is 0.0390. The summed E-state index contributed by atoms with van der Waals surface area (Å²) < 4.78 is 9.65. The molecule has 1 heterocycles. The van der Waals surface area contributed by atoms with E-state index in [1.807, 2.05) is 0 Å². The number of aromatic amines is 1. The first-order chi connectivity index (χ1) is 9.54. The molecule has 20 heavy (non-hydrogen) atoms. The van der Waals surface area contributed by atoms with Crippen molar-refractivity contribution in [2.24, 2.45) is 0 Å². The van der Waals surface area contributed by atoms with Crippen LogP contribution in [-0.2, 0) is 16.1 Å². The largest absolute Gasteiger partial charge is 0.492 e. The maximum Gasteiger partial charge on any atom is 0.355 e. The Morgan fingerprint density at radius 1 is 1.40 bits per heavy atom. The summed E-state index contributed by atoms with van der Waals surface area (Å²) in [5, 5.41) is 9.39. The van der Waals surface area contributed by atoms with Crippen LogP contribution in [-0.4, -0.2) is 41.3 Å². The van der Waals surface area contributed by atoms with Gasteiger partial charge >= 0.3 is 5.97 Å². The molecule has 7 heteroatoms. The predicted molar refractivity (Wildman–Crippen MR) is 66.4 cm³/mol. The van der Waals surface area contributed by atoms with Crippen molar-refractivity contribution in [1.29, 1.82) is 0 Å². The number of aromatic nitrogens is 1. The quantitative estimate of drug-likeness (QED) is 0.781. The van der Waals surface area contributed by atoms with Gasteiger partial charge in [0.25, 0.3) is 0 Å². The van der Waals surface area contributed by atoms with Crippen molar-refractivity contribution >= 4 is 17.5 Å². The smallest absolute Gasteiger partial charge is 0.355 e. The van der Waals surface area contributed by atoms with Gasteiger partial charge in [-0.15, -0.1) is 0 Å². The fourth-order valence-corrected chi connectivity index (χ4v) is 2.04. The van der Waals surface area contributed by atoms with E-state index in [1.165, 1.54) is 7.11 Å². The molecule has 1 aliphatic rings. The monoisotopic (exact) mass is 279 g/mol. The van der Waals surface area contributed by atoms with Crippen LogP contribution in [0.5, 0.6) is 0 Å². The van der Waals surface area contributed by atoms with Crippen molar-refractivity contribution in [3.8, 4) is 0 Å². The van der Waals surface area contributed by atoms with E-state index < -0.39 is 24.1 Å². The van der Waals surface area contributed by atoms with Gasteiger partial charge in [0.15, 0.2) is 5.76 Å². The molecule has 106 valence electrons. The summed E-state index contributed by atoms with van der Waals surface area (Å²) in [5.41, 5.74) is -0.131. The van der Waals surface area contributed by atoms with E-state index in [0.29, 0.717) is 0 Å². The van der Waals surface area contributed by atoms with Crippen LogP contribution in [0.25, 0.3) is 0 Å². The van der Waals surface area contributed by atoms with Gasteiger partial charge < -0.3 is 19.6 Å². The number of fused-ring (bicyclic) bond motifs is 1. The molecule has 7 nitrogen and oxygen atoms in total. The first-order valence-corrected chi connectivity index (χ1v) is 5.92. The van der Waals surface area contributed by atoms with E-state index in [2.05, 4.69) is 4.98 Å². The number of ether oxygens (including phenoxy) is 2. The topological polar surface area (TPSA) is 106 Å². The molecule has 0 unspecified atom stereocenters. The summed E-state index contributed by atoms with van der Waals surface area (Å²) in [4.78, 5) is 38.4. The molecular weight excluding hydrogens is 266 g/mol. The molecular formula is C13H13NO6. The molecule has 1 aromatic rings. The van der Waals surface area contributed by atoms with Crippen molar-refractivity contribution < 1.29 is 29.0 Å². The third-order valence-corrected chi connectivity index (χ3v) is 2.92. The molecule has 1 aromatic heterocycles. The number of carbonyl (C=O) groups excluding carboxylic acids is 3. The van der Waals surface area contributed by atoms with E-state index in [0.717, 1.165) is 6.08 Å². The number of allylic oxidation sites excluding steroid dienone is 2. The molecule has 0 aromatic carbocycles. The number of esters is 1. The zero-order valence-electron chi connectivity index (χ0n) is 11.0. The summed E-state index contributed by atoms with van der Waals surface area (Å²) in [6.07, 6.45) is 1.04. The highest BCUT2D eigenvalue weighted by atomic mass is 16.5. The summed E-state index contributed by atoms with van der Waals surface area (Å²) in [7, 11) is 1.26. The fraction of sp³-hybridized carbons (Fsp3) is 0.308. The Kier molecular flexibility index (Phi) is 3.71. The van der Waals surface area contributed by atoms with Crippen LogP contribution in [0.4, 0.5) is 0 Å². The first kappa shape index (κ1) is 14.0. The molecule has 0 amide bonds. The van der Waals surface area contributed by atoms with Crippen molar-refractivity contribution in [2.45, 2.75) is 13.5 Å². The van der Waals surface area contributed by atoms with Gasteiger partial charge in [-0.25, -0.2) is 4.79 Å². The third-order valence-electron chi connectivity index (χ3n) is 2.92. The Balaban J connectivity index is 2.60. The first-order valence-electron chi connectivity index (χ1n) is 5.92. The Labute approximate surface area is 114 Å². The number of aliphatic hydroxyl groups excluding tert-OH is 1. The normalized spacial score (nSPS) is 13.8. The highest BCUT2D eigenvalue weighted by Crippen LogP contribution is 2.28. The maximum absolute atomic E-state index is 12.1. The van der Waals surface area contributed by atoms with Crippen LogP contribution in [0.1, 0.15) is 43.8 Å². The molecule has 0 saturated heterocycles. The van der Waals surface area contributed by atoms with Crippen LogP contribution in [0.2, 0.25) is 0 Å². The Morgan fingerprint density at radius 3 is 2.65 bits per heavy atom. The number of carbonyl (C=O) groups is 3. The van der Waals surface area contributed by atoms with Crippen molar-refractivity contribution in [3.05, 3.63) is 34.3 Å². The Morgan fingerprint density at radius 2 is 2.10 bits per heavy atom. The van der Waals surface area contributed by atoms with Crippen LogP contribution >= 0.6 is 0 Å². The van der Waals surface area contributed by atoms with Gasteiger partial charge in [0, 0.05) is 11.6 Å². The number of ketones is 2. The zero-order chi connectivity index (χ0) is 14.9. The maximum atomic E-state index is 12.1. The van der Waals surface area contributed by atoms with Crippen molar-refractivity contribution in [2.75, 3.05) is 13.7 Å². The Hall–Kier alpha value is -2.41. The van der Waals surface area contributed by atoms with Gasteiger partial charge in [-0.3, -0.25) is 9.59 Å². The number of H-pyrrole nitrogens is 1. The third kappa shape index (κ3) is 2.01. The van der Waals surface area contributed by atoms with Gasteiger partial charge in [0.1, 0.15) is 5.69 Å². The van der Waals surface area contributed by atoms with Crippen molar-refractivity contribution in [3.63, 3.8) is 0 Å². The molecule has 1 aliphatic carbocycles. The highest BCUT2D eigenvalue weighted by Gasteiger charge is 2.34. The van der Waals surface area contributed by atoms with Gasteiger partial charge in [-0.2, -0.15) is 0 Å². The number of hydrogen-bond donors (Lipinski definition) is 2. The van der Waals surface area contributed by atoms with E-state index in [9.17, 15) is 19.5 Å². The predicted octanol–water partition coefficient (Wildman–Crippen LogP) is 0.593. The van der Waals surface area contributed by atoms with E-state index >= 15 is 0 Å². The number of methoxy groups -OCH3 is 1. The second-order valence-corrected chi connectivity index (χ2v) is 4.01. The standard InChI is InChI=1S/C13H13NO6/c1-3-20-13(18)10-6(5-15)9-11(14-10)7(16)4-8(19-2)12(9)17/h4,14-15H,3,5H2,1-2H3. The summed E-state index contributed by atoms with van der Waals surface area (Å²) >= 11 is 0. The number of aliphatic hydroxyl groups is 1. The summed E-state index contributed by atoms with van der Waals surface area (Å²) in [5.74, 6) is -1.92. The second kappa shape index (κ2) is 5.30. The average molecular weight is 279 g/mol. The molecule has 2 N–H and O–H groups in total. The molecule has 0 aliphatic heterocycles. The lowest BCUT2D eigenvalue weighted by Gasteiger charge is -2.11. The van der Waals surface area contributed by atoms with Crippen LogP contribution in [0, 0.1) is 0 Å². The SMILES string of the molecule is CCOC(=O)c1[nH]c2c(c1CO)C(=O)C(OC)=CC2=O. The molecule has 0 spiro atoms. The van der Waals surface area contributed by atoms with Crippen LogP contribution < -0.4 is 0 Å². The molecule has 0 bridgehead atoms. The number of nitrogens with one attached hydrogen (secondary N) is 1. The van der Waals surface area contributed by atoms with E-state index in [4.69, 9.17) is 9.47 Å². The lowest BCUT2D eigenvalue weighted by molar-refractivity contribution is 0.0516. The summed E-state index contributed by atoms with van der Waals surface area (Å²) in [6, 6.07) is 0. The van der Waals surface area contributed by atoms with E-state index in [1.54, 1.807) is 6.92 Å². The van der Waals surface area contributed by atoms with Crippen LogP contribution in [0.15, 0.2) is 11.8 Å². The van der Waals surface area contributed by atoms with Gasteiger partial charge in [0.05, 0.1) is 31.6 Å². The van der Waals surface area contributed by atoms with Gasteiger partial charge in [-0.1, -0.05) is 0 Å². The lowest BCUT2D eigenvalue weighted by atomic mass is 9.96. The number of rotatable bonds is 4. The molecule has 0 saturated carbocycles. The second-order valence-electron chi connectivity index (χ2n) is 4.01. The molecule has 0 fully saturated rings. The number of Topliss-reactive ketones (excluding diaryl/α,β-unsaturated/α-hetero) is 1. The van der Waals surface area contributed by atoms with Gasteiger partial charge in [0.2, 0.25) is 11.6 Å². The van der Waals surface area contributed by atoms with Crippen molar-refractivity contribution in [1.82, 2.24) is 4.98 Å². The minimum Gasteiger partial charge on any atom is -0.492 e. The highest BCUT2D eigenvalue weighted by molar-refractivity contribution is 6.24. The molecule has 0 atom stereocenters. The summed E-state index contributed by atoms with van der Waals surface area (Å²) in [6.45, 7) is 1.19. The Bertz CT molecular complexity index is 625. The van der Waals surface area contributed by atoms with Gasteiger partial charge in [-0.05, 0) is 6.92 Å². The fourth-order valence-electron chi connectivity index (χ4n) is 2.04. The minimum atomic E-state index is -0.731. The number of hydrogen-bond acceptors (Lipinski definition) is 6. The zero-order valence-corrected chi connectivity index (χ0v) is 11.0. The average Bonchev–Trinajstić information content (AvgIpc) is 2.83. The van der Waals surface area contributed by atoms with E-state index in [-0.39, 0.29) is 34.9 Å². The van der Waals surface area contributed by atoms with Crippen LogP contribution in [0.3, 0.4) is 0 Å². The molecule has 2 rings (SSSR count).